The lowest BCUT2D eigenvalue weighted by molar-refractivity contribution is 0.0661. The van der Waals surface area contributed by atoms with Crippen LogP contribution in [0.3, 0.4) is 0 Å². The first kappa shape index (κ1) is 12.0. The van der Waals surface area contributed by atoms with Gasteiger partial charge in [0.15, 0.2) is 0 Å². The Morgan fingerprint density at radius 3 is 2.14 bits per heavy atom. The molecule has 0 aromatic heterocycles. The van der Waals surface area contributed by atoms with Crippen molar-refractivity contribution in [2.24, 2.45) is 11.8 Å². The second-order valence-electron chi connectivity index (χ2n) is 5.60. The highest BCUT2D eigenvalue weighted by molar-refractivity contribution is 4.85. The van der Waals surface area contributed by atoms with Gasteiger partial charge in [0.2, 0.25) is 0 Å². The maximum Gasteiger partial charge on any atom is 0.0715 e. The molecule has 1 saturated carbocycles. The molecule has 0 bridgehead atoms. The predicted octanol–water partition coefficient (Wildman–Crippen LogP) is 2.17. The quantitative estimate of drug-likeness (QED) is 0.730. The summed E-state index contributed by atoms with van der Waals surface area (Å²) >= 11 is 0. The second-order valence-corrected chi connectivity index (χ2v) is 5.60. The molecule has 2 atom stereocenters. The van der Waals surface area contributed by atoms with Crippen LogP contribution in [0.4, 0.5) is 0 Å². The fourth-order valence-corrected chi connectivity index (χ4v) is 2.45. The van der Waals surface area contributed by atoms with Crippen molar-refractivity contribution in [2.45, 2.75) is 58.6 Å². The van der Waals surface area contributed by atoms with Gasteiger partial charge in [0.25, 0.3) is 0 Å². The molecule has 1 aliphatic rings. The van der Waals surface area contributed by atoms with Crippen molar-refractivity contribution < 1.29 is 5.11 Å². The minimum Gasteiger partial charge on any atom is -0.389 e. The third kappa shape index (κ3) is 3.58. The molecule has 0 aliphatic heterocycles. The van der Waals surface area contributed by atoms with Crippen molar-refractivity contribution in [3.8, 4) is 0 Å². The van der Waals surface area contributed by atoms with Gasteiger partial charge in [0, 0.05) is 12.6 Å². The molecule has 2 unspecified atom stereocenters. The fraction of sp³-hybridized carbons (Fsp3) is 1.00. The summed E-state index contributed by atoms with van der Waals surface area (Å²) in [5.74, 6) is 1.50. The van der Waals surface area contributed by atoms with Crippen LogP contribution in [0.1, 0.15) is 47.0 Å². The average molecular weight is 199 g/mol. The summed E-state index contributed by atoms with van der Waals surface area (Å²) in [5, 5.41) is 13.2. The Morgan fingerprint density at radius 1 is 1.21 bits per heavy atom. The van der Waals surface area contributed by atoms with Gasteiger partial charge in [0.05, 0.1) is 5.60 Å². The summed E-state index contributed by atoms with van der Waals surface area (Å²) in [6.45, 7) is 9.05. The van der Waals surface area contributed by atoms with Gasteiger partial charge < -0.3 is 10.4 Å². The SMILES string of the molecule is CC1CCCC(C)C1NCC(C)(C)O. The highest BCUT2D eigenvalue weighted by Crippen LogP contribution is 2.28. The zero-order valence-electron chi connectivity index (χ0n) is 10.0. The number of nitrogens with one attached hydrogen (secondary N) is 1. The van der Waals surface area contributed by atoms with Gasteiger partial charge in [-0.1, -0.05) is 20.3 Å². The second kappa shape index (κ2) is 4.63. The van der Waals surface area contributed by atoms with Gasteiger partial charge in [-0.05, 0) is 38.5 Å². The number of rotatable bonds is 3. The lowest BCUT2D eigenvalue weighted by atomic mass is 9.78. The monoisotopic (exact) mass is 199 g/mol. The summed E-state index contributed by atoms with van der Waals surface area (Å²) in [6.07, 6.45) is 4.02. The molecule has 0 aromatic carbocycles. The first-order chi connectivity index (χ1) is 6.40. The molecule has 0 heterocycles. The van der Waals surface area contributed by atoms with Gasteiger partial charge in [-0.3, -0.25) is 0 Å². The highest BCUT2D eigenvalue weighted by atomic mass is 16.3. The lowest BCUT2D eigenvalue weighted by Crippen LogP contribution is -2.48. The van der Waals surface area contributed by atoms with Gasteiger partial charge in [-0.2, -0.15) is 0 Å². The molecular weight excluding hydrogens is 174 g/mol. The Bertz CT molecular complexity index is 164. The lowest BCUT2D eigenvalue weighted by Gasteiger charge is -2.36. The van der Waals surface area contributed by atoms with Crippen LogP contribution in [-0.4, -0.2) is 23.3 Å². The number of aliphatic hydroxyl groups is 1. The molecule has 84 valence electrons. The number of hydrogen-bond acceptors (Lipinski definition) is 2. The molecule has 0 spiro atoms. The smallest absolute Gasteiger partial charge is 0.0715 e. The molecule has 1 fully saturated rings. The third-order valence-electron chi connectivity index (χ3n) is 3.32. The molecule has 2 nitrogen and oxygen atoms in total. The van der Waals surface area contributed by atoms with E-state index in [2.05, 4.69) is 19.2 Å². The van der Waals surface area contributed by atoms with Crippen LogP contribution in [0.15, 0.2) is 0 Å². The van der Waals surface area contributed by atoms with Gasteiger partial charge in [-0.15, -0.1) is 0 Å². The maximum absolute atomic E-state index is 9.66. The largest absolute Gasteiger partial charge is 0.389 e. The zero-order chi connectivity index (χ0) is 10.8. The first-order valence-electron chi connectivity index (χ1n) is 5.86. The normalized spacial score (nSPS) is 34.5. The maximum atomic E-state index is 9.66. The minimum atomic E-state index is -0.586. The molecular formula is C12H25NO. The molecule has 0 amide bonds. The van der Waals surface area contributed by atoms with Gasteiger partial charge >= 0.3 is 0 Å². The van der Waals surface area contributed by atoms with E-state index in [4.69, 9.17) is 0 Å². The van der Waals surface area contributed by atoms with E-state index in [1.807, 2.05) is 13.8 Å². The molecule has 2 N–H and O–H groups in total. The van der Waals surface area contributed by atoms with Crippen LogP contribution >= 0.6 is 0 Å². The fourth-order valence-electron chi connectivity index (χ4n) is 2.45. The van der Waals surface area contributed by atoms with Crippen molar-refractivity contribution >= 4 is 0 Å². The van der Waals surface area contributed by atoms with E-state index in [9.17, 15) is 5.11 Å². The van der Waals surface area contributed by atoms with Crippen LogP contribution in [0.2, 0.25) is 0 Å². The van der Waals surface area contributed by atoms with Crippen molar-refractivity contribution in [3.63, 3.8) is 0 Å². The van der Waals surface area contributed by atoms with E-state index >= 15 is 0 Å². The van der Waals surface area contributed by atoms with Crippen LogP contribution < -0.4 is 5.32 Å². The van der Waals surface area contributed by atoms with Gasteiger partial charge in [-0.25, -0.2) is 0 Å². The average Bonchev–Trinajstić information content (AvgIpc) is 2.01. The van der Waals surface area contributed by atoms with Crippen LogP contribution in [0.25, 0.3) is 0 Å². The van der Waals surface area contributed by atoms with Crippen LogP contribution in [0, 0.1) is 11.8 Å². The van der Waals surface area contributed by atoms with E-state index in [1.54, 1.807) is 0 Å². The van der Waals surface area contributed by atoms with E-state index in [1.165, 1.54) is 19.3 Å². The summed E-state index contributed by atoms with van der Waals surface area (Å²) in [6, 6.07) is 0.593. The molecule has 0 radical (unpaired) electrons. The molecule has 1 aliphatic carbocycles. The van der Waals surface area contributed by atoms with E-state index in [0.29, 0.717) is 12.6 Å². The molecule has 0 aromatic rings. The van der Waals surface area contributed by atoms with Crippen molar-refractivity contribution in [1.29, 1.82) is 0 Å². The summed E-state index contributed by atoms with van der Waals surface area (Å²) in [5.41, 5.74) is -0.586. The summed E-state index contributed by atoms with van der Waals surface area (Å²) < 4.78 is 0. The topological polar surface area (TPSA) is 32.3 Å². The molecule has 1 rings (SSSR count). The zero-order valence-corrected chi connectivity index (χ0v) is 10.0. The highest BCUT2D eigenvalue weighted by Gasteiger charge is 2.28. The van der Waals surface area contributed by atoms with Gasteiger partial charge in [0.1, 0.15) is 0 Å². The Kier molecular flexibility index (Phi) is 3.96. The van der Waals surface area contributed by atoms with Crippen molar-refractivity contribution in [1.82, 2.24) is 5.32 Å². The standard InChI is InChI=1S/C12H25NO/c1-9-6-5-7-10(2)11(9)13-8-12(3,4)14/h9-11,13-14H,5-8H2,1-4H3. The van der Waals surface area contributed by atoms with E-state index < -0.39 is 5.60 Å². The minimum absolute atomic E-state index is 0.586. The van der Waals surface area contributed by atoms with E-state index in [-0.39, 0.29) is 0 Å². The van der Waals surface area contributed by atoms with E-state index in [0.717, 1.165) is 11.8 Å². The van der Waals surface area contributed by atoms with Crippen LogP contribution in [0.5, 0.6) is 0 Å². The summed E-state index contributed by atoms with van der Waals surface area (Å²) in [7, 11) is 0. The Labute approximate surface area is 88.1 Å². The molecule has 0 saturated heterocycles. The third-order valence-corrected chi connectivity index (χ3v) is 3.32. The summed E-state index contributed by atoms with van der Waals surface area (Å²) in [4.78, 5) is 0. The first-order valence-corrected chi connectivity index (χ1v) is 5.86. The Balaban J connectivity index is 2.40. The van der Waals surface area contributed by atoms with Crippen molar-refractivity contribution in [2.75, 3.05) is 6.54 Å². The predicted molar refractivity (Wildman–Crippen MR) is 60.3 cm³/mol. The molecule has 2 heteroatoms. The Morgan fingerprint density at radius 2 is 1.71 bits per heavy atom. The Hall–Kier alpha value is -0.0800. The number of hydrogen-bond donors (Lipinski definition) is 2. The molecule has 14 heavy (non-hydrogen) atoms. The van der Waals surface area contributed by atoms with Crippen LogP contribution in [-0.2, 0) is 0 Å². The van der Waals surface area contributed by atoms with Crippen molar-refractivity contribution in [3.05, 3.63) is 0 Å².